The first kappa shape index (κ1) is 20.5. The van der Waals surface area contributed by atoms with E-state index in [4.69, 9.17) is 5.73 Å². The number of allylic oxidation sites excluding steroid dienone is 2. The molecule has 0 spiro atoms. The lowest BCUT2D eigenvalue weighted by molar-refractivity contribution is -0.687. The van der Waals surface area contributed by atoms with Gasteiger partial charge < -0.3 is 23.2 Å². The summed E-state index contributed by atoms with van der Waals surface area (Å²) in [5.41, 5.74) is 6.42. The van der Waals surface area contributed by atoms with Gasteiger partial charge in [0.1, 0.15) is 17.1 Å². The molecule has 1 fully saturated rings. The number of aliphatic carboxylic acids is 1. The van der Waals surface area contributed by atoms with E-state index in [1.54, 1.807) is 6.08 Å². The van der Waals surface area contributed by atoms with E-state index >= 15 is 0 Å². The van der Waals surface area contributed by atoms with Crippen molar-refractivity contribution in [2.24, 2.45) is 5.73 Å². The molecular weight excluding hydrogens is 373 g/mol. The van der Waals surface area contributed by atoms with E-state index in [2.05, 4.69) is 0 Å². The van der Waals surface area contributed by atoms with Crippen molar-refractivity contribution in [1.82, 2.24) is 4.90 Å². The van der Waals surface area contributed by atoms with Gasteiger partial charge in [0, 0.05) is 17.9 Å². The third-order valence-electron chi connectivity index (χ3n) is 3.65. The molecule has 0 aliphatic carbocycles. The average molecular weight is 390 g/mol. The second-order valence-corrected chi connectivity index (χ2v) is 6.19. The lowest BCUT2D eigenvalue weighted by Gasteiger charge is -2.47. The van der Waals surface area contributed by atoms with Gasteiger partial charge in [-0.05, 0) is 11.6 Å². The van der Waals surface area contributed by atoms with Crippen molar-refractivity contribution in [1.29, 1.82) is 0 Å². The van der Waals surface area contributed by atoms with Gasteiger partial charge in [0.15, 0.2) is 18.9 Å². The average Bonchev–Trinajstić information content (AvgIpc) is 2.54. The summed E-state index contributed by atoms with van der Waals surface area (Å²) in [5.74, 6) is -0.866. The summed E-state index contributed by atoms with van der Waals surface area (Å²) >= 11 is 1.50. The van der Waals surface area contributed by atoms with E-state index in [1.165, 1.54) is 16.7 Å². The monoisotopic (exact) mass is 389 g/mol. The zero-order chi connectivity index (χ0) is 15.7. The van der Waals surface area contributed by atoms with Gasteiger partial charge in [-0.25, -0.2) is 9.36 Å². The predicted molar refractivity (Wildman–Crippen MR) is 88.8 cm³/mol. The van der Waals surface area contributed by atoms with E-state index in [9.17, 15) is 14.7 Å². The van der Waals surface area contributed by atoms with Crippen LogP contribution >= 0.6 is 24.2 Å². The quantitative estimate of drug-likeness (QED) is 0.440. The number of thioether (sulfide) groups is 1. The van der Waals surface area contributed by atoms with Crippen molar-refractivity contribution in [3.63, 3.8) is 0 Å². The molecule has 1 amide bonds. The molecule has 0 saturated carbocycles. The van der Waals surface area contributed by atoms with Crippen molar-refractivity contribution in [3.8, 4) is 0 Å². The number of carbonyl (C=O) groups is 2. The van der Waals surface area contributed by atoms with Gasteiger partial charge in [0.05, 0.1) is 0 Å². The topological polar surface area (TPSA) is 87.5 Å². The van der Waals surface area contributed by atoms with Crippen LogP contribution in [-0.2, 0) is 16.1 Å². The number of aromatic nitrogens is 1. The highest BCUT2D eigenvalue weighted by atomic mass is 35.5. The van der Waals surface area contributed by atoms with Crippen LogP contribution in [0.5, 0.6) is 0 Å². The number of nitrogens with two attached hydrogens (primary N) is 1. The van der Waals surface area contributed by atoms with E-state index in [-0.39, 0.29) is 41.8 Å². The number of amides is 1. The first-order valence-corrected chi connectivity index (χ1v) is 7.92. The summed E-state index contributed by atoms with van der Waals surface area (Å²) in [4.78, 5) is 24.6. The van der Waals surface area contributed by atoms with Crippen molar-refractivity contribution in [2.75, 3.05) is 5.75 Å². The van der Waals surface area contributed by atoms with Crippen LogP contribution in [0.4, 0.5) is 0 Å². The number of rotatable bonds is 4. The summed E-state index contributed by atoms with van der Waals surface area (Å²) in [5, 5.41) is 9.16. The minimum absolute atomic E-state index is 0. The smallest absolute Gasteiger partial charge is 0.352 e. The molecule has 130 valence electrons. The summed E-state index contributed by atoms with van der Waals surface area (Å²) in [6, 6.07) is 5.19. The minimum Gasteiger partial charge on any atom is -1.00 e. The molecule has 3 rings (SSSR count). The van der Waals surface area contributed by atoms with Crippen LogP contribution in [0.15, 0.2) is 54.0 Å². The Morgan fingerprint density at radius 2 is 2.08 bits per heavy atom. The molecular formula is C15H17Cl2N3O3S. The van der Waals surface area contributed by atoms with Crippen molar-refractivity contribution in [2.45, 2.75) is 18.0 Å². The second kappa shape index (κ2) is 8.53. The van der Waals surface area contributed by atoms with Crippen LogP contribution in [-0.4, -0.2) is 39.1 Å². The molecule has 24 heavy (non-hydrogen) atoms. The number of halogens is 2. The molecule has 2 atom stereocenters. The number of fused-ring (bicyclic) bond motifs is 1. The molecule has 6 nitrogen and oxygen atoms in total. The number of hydrogen-bond acceptors (Lipinski definition) is 4. The molecule has 3 heterocycles. The minimum atomic E-state index is -1.09. The maximum Gasteiger partial charge on any atom is 0.352 e. The number of carbonyl (C=O) groups excluding carboxylic acids is 1. The van der Waals surface area contributed by atoms with Crippen LogP contribution in [0.3, 0.4) is 0 Å². The van der Waals surface area contributed by atoms with Gasteiger partial charge in [0.2, 0.25) is 5.91 Å². The Morgan fingerprint density at radius 1 is 1.42 bits per heavy atom. The van der Waals surface area contributed by atoms with E-state index in [1.807, 2.05) is 41.2 Å². The Bertz CT molecular complexity index is 682. The Balaban J connectivity index is 0.00000144. The molecule has 3 N–H and O–H groups in total. The first-order chi connectivity index (χ1) is 10.6. The molecule has 1 saturated heterocycles. The number of β-lactam (4-membered cyclic amide) rings is 1. The Labute approximate surface area is 156 Å². The van der Waals surface area contributed by atoms with Crippen molar-refractivity contribution >= 4 is 36.0 Å². The largest absolute Gasteiger partial charge is 1.00 e. The predicted octanol–water partition coefficient (Wildman–Crippen LogP) is -2.46. The van der Waals surface area contributed by atoms with Gasteiger partial charge in [-0.1, -0.05) is 12.1 Å². The Hall–Kier alpha value is -1.54. The maximum absolute atomic E-state index is 11.8. The van der Waals surface area contributed by atoms with Crippen molar-refractivity contribution < 1.29 is 31.7 Å². The zero-order valence-corrected chi connectivity index (χ0v) is 14.9. The fourth-order valence-electron chi connectivity index (χ4n) is 2.54. The lowest BCUT2D eigenvalue weighted by atomic mass is 10.0. The van der Waals surface area contributed by atoms with E-state index in [0.717, 1.165) is 0 Å². The molecule has 1 aromatic heterocycles. The van der Waals surface area contributed by atoms with Gasteiger partial charge in [0.25, 0.3) is 0 Å². The zero-order valence-electron chi connectivity index (χ0n) is 12.5. The lowest BCUT2D eigenvalue weighted by Crippen LogP contribution is -3.00. The van der Waals surface area contributed by atoms with Gasteiger partial charge in [-0.3, -0.25) is 9.69 Å². The highest BCUT2D eigenvalue weighted by Gasteiger charge is 2.51. The number of pyridine rings is 1. The SMILES string of the molecule is Cl.N[C@@H]1C(=O)N2C(C(=O)O)=C(C=CC[n+]3ccccc3)CS[C@H]12.[Cl-]. The van der Waals surface area contributed by atoms with Crippen LogP contribution in [0.2, 0.25) is 0 Å². The highest BCUT2D eigenvalue weighted by molar-refractivity contribution is 8.00. The molecule has 0 radical (unpaired) electrons. The summed E-state index contributed by atoms with van der Waals surface area (Å²) in [7, 11) is 0. The first-order valence-electron chi connectivity index (χ1n) is 6.87. The summed E-state index contributed by atoms with van der Waals surface area (Å²) in [6.07, 6.45) is 7.54. The highest BCUT2D eigenvalue weighted by Crippen LogP contribution is 2.39. The Kier molecular flexibility index (Phi) is 7.28. The molecule has 2 aliphatic heterocycles. The third-order valence-corrected chi connectivity index (χ3v) is 4.98. The molecule has 0 bridgehead atoms. The van der Waals surface area contributed by atoms with Crippen molar-refractivity contribution in [3.05, 3.63) is 54.0 Å². The van der Waals surface area contributed by atoms with Crippen LogP contribution in [0.25, 0.3) is 0 Å². The fourth-order valence-corrected chi connectivity index (χ4v) is 3.81. The standard InChI is InChI=1S/C15H15N3O3S.2ClH/c16-11-13(19)18-12(15(20)21)10(9-22-14(11)18)5-4-8-17-6-2-1-3-7-17;;/h1-7,11,14H,8-9,16H2;2*1H/t11-,14-;;/m1../s1. The fraction of sp³-hybridized carbons (Fsp3) is 0.267. The van der Waals surface area contributed by atoms with E-state index < -0.39 is 12.0 Å². The normalized spacial score (nSPS) is 22.4. The van der Waals surface area contributed by atoms with Gasteiger partial charge in [-0.2, -0.15) is 0 Å². The number of carboxylic acids is 1. The Morgan fingerprint density at radius 3 is 2.71 bits per heavy atom. The summed E-state index contributed by atoms with van der Waals surface area (Å²) in [6.45, 7) is 0.638. The molecule has 2 aliphatic rings. The van der Waals surface area contributed by atoms with Gasteiger partial charge in [-0.15, -0.1) is 24.2 Å². The maximum atomic E-state index is 11.8. The number of carboxylic acid groups (broad SMARTS) is 1. The van der Waals surface area contributed by atoms with Crippen LogP contribution < -0.4 is 22.7 Å². The summed E-state index contributed by atoms with van der Waals surface area (Å²) < 4.78 is 1.97. The molecule has 1 aromatic rings. The molecule has 0 unspecified atom stereocenters. The van der Waals surface area contributed by atoms with Gasteiger partial charge >= 0.3 is 5.97 Å². The molecule has 0 aromatic carbocycles. The third kappa shape index (κ3) is 3.75. The van der Waals surface area contributed by atoms with E-state index in [0.29, 0.717) is 17.9 Å². The number of hydrogen-bond donors (Lipinski definition) is 2. The van der Waals surface area contributed by atoms with Crippen LogP contribution in [0, 0.1) is 0 Å². The number of nitrogens with zero attached hydrogens (tertiary/aromatic N) is 2. The van der Waals surface area contributed by atoms with Crippen LogP contribution in [0.1, 0.15) is 0 Å². The second-order valence-electron chi connectivity index (χ2n) is 5.09. The molecule has 9 heteroatoms.